The average molecular weight is 423 g/mol. The third-order valence-electron chi connectivity index (χ3n) is 4.54. The van der Waals surface area contributed by atoms with Gasteiger partial charge in [-0.05, 0) is 25.0 Å². The molecule has 26 heavy (non-hydrogen) atoms. The highest BCUT2D eigenvalue weighted by Gasteiger charge is 2.39. The predicted molar refractivity (Wildman–Crippen MR) is 105 cm³/mol. The zero-order valence-electron chi connectivity index (χ0n) is 14.9. The summed E-state index contributed by atoms with van der Waals surface area (Å²) in [6.45, 7) is 6.47. The minimum Gasteiger partial charge on any atom is -0.277 e. The molecule has 0 radical (unpaired) electrons. The number of hydrogen-bond donors (Lipinski definition) is 4. The number of alkyl halides is 1. The predicted octanol–water partition coefficient (Wildman–Crippen LogP) is 1.12. The van der Waals surface area contributed by atoms with Gasteiger partial charge in [0.25, 0.3) is 11.5 Å². The summed E-state index contributed by atoms with van der Waals surface area (Å²) in [5.74, 6) is 0.430. The molecule has 1 aromatic heterocycles. The molecular weight excluding hydrogens is 400 g/mol. The molecule has 3 atom stereocenters. The van der Waals surface area contributed by atoms with E-state index >= 15 is 0 Å². The molecule has 0 spiro atoms. The lowest BCUT2D eigenvalue weighted by Crippen LogP contribution is -2.48. The van der Waals surface area contributed by atoms with Crippen molar-refractivity contribution in [1.29, 1.82) is 0 Å². The van der Waals surface area contributed by atoms with E-state index in [1.165, 1.54) is 4.57 Å². The third-order valence-corrected chi connectivity index (χ3v) is 5.64. The Morgan fingerprint density at radius 1 is 1.35 bits per heavy atom. The van der Waals surface area contributed by atoms with Gasteiger partial charge in [-0.3, -0.25) is 30.4 Å². The molecule has 1 fully saturated rings. The number of aromatic nitrogens is 2. The first-order valence-corrected chi connectivity index (χ1v) is 9.56. The lowest BCUT2D eigenvalue weighted by atomic mass is 9.99. The SMILES string of the molecule is CCn1c(NNC(=O)C2NNC(C(C)C)C2Br)nc2ccccc2c1=O. The van der Waals surface area contributed by atoms with Gasteiger partial charge in [0, 0.05) is 12.6 Å². The Morgan fingerprint density at radius 2 is 2.08 bits per heavy atom. The number of halogens is 1. The van der Waals surface area contributed by atoms with Gasteiger partial charge >= 0.3 is 0 Å². The molecule has 9 heteroatoms. The van der Waals surface area contributed by atoms with Crippen molar-refractivity contribution in [2.24, 2.45) is 5.92 Å². The number of hydrogen-bond acceptors (Lipinski definition) is 6. The molecule has 1 amide bonds. The fourth-order valence-corrected chi connectivity index (χ4v) is 4.16. The van der Waals surface area contributed by atoms with Crippen molar-refractivity contribution in [1.82, 2.24) is 25.8 Å². The van der Waals surface area contributed by atoms with Crippen LogP contribution in [0.5, 0.6) is 0 Å². The number of para-hydroxylation sites is 1. The molecule has 2 heterocycles. The Kier molecular flexibility index (Phi) is 5.59. The number of amides is 1. The van der Waals surface area contributed by atoms with Crippen molar-refractivity contribution in [3.05, 3.63) is 34.6 Å². The number of nitrogens with one attached hydrogen (secondary N) is 4. The standard InChI is InChI=1S/C17H23BrN6O2/c1-4-24-16(26)10-7-5-6-8-11(10)19-17(24)23-22-15(25)14-12(18)13(9(2)3)20-21-14/h5-9,12-14,20-21H,4H2,1-3H3,(H,19,23)(H,22,25). The first kappa shape index (κ1) is 18.8. The average Bonchev–Trinajstić information content (AvgIpc) is 3.01. The van der Waals surface area contributed by atoms with E-state index in [0.717, 1.165) is 0 Å². The van der Waals surface area contributed by atoms with Gasteiger partial charge in [-0.25, -0.2) is 10.4 Å². The quantitative estimate of drug-likeness (QED) is 0.425. The lowest BCUT2D eigenvalue weighted by Gasteiger charge is -2.20. The molecule has 3 rings (SSSR count). The molecule has 140 valence electrons. The Labute approximate surface area is 159 Å². The van der Waals surface area contributed by atoms with Crippen molar-refractivity contribution >= 4 is 38.7 Å². The van der Waals surface area contributed by atoms with Gasteiger partial charge in [-0.15, -0.1) is 0 Å². The van der Waals surface area contributed by atoms with Crippen LogP contribution in [0, 0.1) is 5.92 Å². The fourth-order valence-electron chi connectivity index (χ4n) is 3.05. The highest BCUT2D eigenvalue weighted by Crippen LogP contribution is 2.21. The van der Waals surface area contributed by atoms with E-state index in [1.54, 1.807) is 18.2 Å². The summed E-state index contributed by atoms with van der Waals surface area (Å²) in [7, 11) is 0. The monoisotopic (exact) mass is 422 g/mol. The Morgan fingerprint density at radius 3 is 2.73 bits per heavy atom. The molecule has 1 aliphatic heterocycles. The summed E-state index contributed by atoms with van der Waals surface area (Å²) < 4.78 is 1.49. The molecule has 1 aliphatic rings. The minimum absolute atomic E-state index is 0.0535. The van der Waals surface area contributed by atoms with Gasteiger partial charge < -0.3 is 0 Å². The van der Waals surface area contributed by atoms with E-state index in [2.05, 4.69) is 56.5 Å². The largest absolute Gasteiger partial charge is 0.277 e. The second kappa shape index (κ2) is 7.73. The van der Waals surface area contributed by atoms with Crippen LogP contribution in [0.15, 0.2) is 29.1 Å². The van der Waals surface area contributed by atoms with Crippen LogP contribution in [0.4, 0.5) is 5.95 Å². The van der Waals surface area contributed by atoms with Gasteiger partial charge in [0.2, 0.25) is 5.95 Å². The number of nitrogens with zero attached hydrogens (tertiary/aromatic N) is 2. The molecule has 1 saturated heterocycles. The van der Waals surface area contributed by atoms with Crippen LogP contribution < -0.4 is 27.3 Å². The van der Waals surface area contributed by atoms with Gasteiger partial charge in [-0.1, -0.05) is 41.9 Å². The zero-order chi connectivity index (χ0) is 18.8. The molecule has 2 aromatic rings. The second-order valence-electron chi connectivity index (χ2n) is 6.60. The molecule has 3 unspecified atom stereocenters. The molecule has 8 nitrogen and oxygen atoms in total. The first-order valence-electron chi connectivity index (χ1n) is 8.64. The number of fused-ring (bicyclic) bond motifs is 1. The maximum atomic E-state index is 12.6. The molecule has 1 aromatic carbocycles. The summed E-state index contributed by atoms with van der Waals surface area (Å²) >= 11 is 3.59. The summed E-state index contributed by atoms with van der Waals surface area (Å²) in [6.07, 6.45) is 0. The van der Waals surface area contributed by atoms with E-state index in [9.17, 15) is 9.59 Å². The molecule has 0 bridgehead atoms. The number of benzene rings is 1. The van der Waals surface area contributed by atoms with E-state index in [-0.39, 0.29) is 22.3 Å². The van der Waals surface area contributed by atoms with Crippen molar-refractivity contribution in [3.8, 4) is 0 Å². The number of carbonyl (C=O) groups is 1. The van der Waals surface area contributed by atoms with Crippen molar-refractivity contribution in [3.63, 3.8) is 0 Å². The summed E-state index contributed by atoms with van der Waals surface area (Å²) in [6, 6.07) is 6.84. The maximum absolute atomic E-state index is 12.6. The number of anilines is 1. The normalized spacial score (nSPS) is 22.7. The summed E-state index contributed by atoms with van der Waals surface area (Å²) in [5, 5.41) is 0.549. The van der Waals surface area contributed by atoms with E-state index < -0.39 is 6.04 Å². The van der Waals surface area contributed by atoms with Crippen LogP contribution in [0.1, 0.15) is 20.8 Å². The van der Waals surface area contributed by atoms with Crippen molar-refractivity contribution < 1.29 is 4.79 Å². The number of hydrazine groups is 2. The van der Waals surface area contributed by atoms with Crippen molar-refractivity contribution in [2.75, 3.05) is 5.43 Å². The van der Waals surface area contributed by atoms with Crippen LogP contribution in [0.25, 0.3) is 10.9 Å². The van der Waals surface area contributed by atoms with Crippen LogP contribution in [-0.4, -0.2) is 32.4 Å². The topological polar surface area (TPSA) is 100 Å². The molecular formula is C17H23BrN6O2. The Balaban J connectivity index is 1.78. The Bertz CT molecular complexity index is 868. The highest BCUT2D eigenvalue weighted by molar-refractivity contribution is 9.09. The van der Waals surface area contributed by atoms with Gasteiger partial charge in [0.05, 0.1) is 15.7 Å². The van der Waals surface area contributed by atoms with E-state index in [1.807, 2.05) is 13.0 Å². The summed E-state index contributed by atoms with van der Waals surface area (Å²) in [5.41, 5.74) is 12.0. The van der Waals surface area contributed by atoms with Gasteiger partial charge in [0.1, 0.15) is 6.04 Å². The van der Waals surface area contributed by atoms with Crippen LogP contribution in [0.3, 0.4) is 0 Å². The Hall–Kier alpha value is -1.97. The first-order chi connectivity index (χ1) is 12.4. The lowest BCUT2D eigenvalue weighted by molar-refractivity contribution is -0.122. The molecule has 0 saturated carbocycles. The highest BCUT2D eigenvalue weighted by atomic mass is 79.9. The van der Waals surface area contributed by atoms with E-state index in [0.29, 0.717) is 29.3 Å². The molecule has 0 aliphatic carbocycles. The van der Waals surface area contributed by atoms with Crippen LogP contribution in [-0.2, 0) is 11.3 Å². The molecule has 4 N–H and O–H groups in total. The fraction of sp³-hybridized carbons (Fsp3) is 0.471. The maximum Gasteiger partial charge on any atom is 0.262 e. The minimum atomic E-state index is -0.447. The van der Waals surface area contributed by atoms with Crippen LogP contribution >= 0.6 is 15.9 Å². The van der Waals surface area contributed by atoms with Gasteiger partial charge in [-0.2, -0.15) is 0 Å². The zero-order valence-corrected chi connectivity index (χ0v) is 16.5. The second-order valence-corrected chi connectivity index (χ2v) is 7.65. The van der Waals surface area contributed by atoms with Crippen molar-refractivity contribution in [2.45, 2.75) is 44.2 Å². The van der Waals surface area contributed by atoms with Crippen LogP contribution in [0.2, 0.25) is 0 Å². The van der Waals surface area contributed by atoms with E-state index in [4.69, 9.17) is 0 Å². The number of carbonyl (C=O) groups excluding carboxylic acids is 1. The third kappa shape index (κ3) is 3.46. The number of rotatable bonds is 5. The smallest absolute Gasteiger partial charge is 0.262 e. The summed E-state index contributed by atoms with van der Waals surface area (Å²) in [4.78, 5) is 29.5. The van der Waals surface area contributed by atoms with Gasteiger partial charge in [0.15, 0.2) is 0 Å².